The molecule has 0 aliphatic heterocycles. The van der Waals surface area contributed by atoms with Crippen LogP contribution in [-0.4, -0.2) is 31.7 Å². The van der Waals surface area contributed by atoms with Gasteiger partial charge in [0, 0.05) is 12.3 Å². The van der Waals surface area contributed by atoms with Crippen molar-refractivity contribution >= 4 is 22.8 Å². The maximum atomic E-state index is 10.6. The van der Waals surface area contributed by atoms with E-state index in [9.17, 15) is 9.00 Å². The number of rotatable bonds is 3. The molecule has 0 fully saturated rings. The Labute approximate surface area is 70.6 Å². The summed E-state index contributed by atoms with van der Waals surface area (Å²) in [5.41, 5.74) is -0.0389. The summed E-state index contributed by atoms with van der Waals surface area (Å²) < 4.78 is 13.0. The van der Waals surface area contributed by atoms with Gasteiger partial charge in [0.2, 0.25) is 0 Å². The molecule has 0 aromatic carbocycles. The van der Waals surface area contributed by atoms with Gasteiger partial charge in [-0.1, -0.05) is 0 Å². The number of aromatic nitrogens is 2. The third-order valence-electron chi connectivity index (χ3n) is 1.06. The molecule has 3 N–H and O–H groups in total. The summed E-state index contributed by atoms with van der Waals surface area (Å²) in [4.78, 5) is 10.3. The number of nitrogens with one attached hydrogen (secondary N) is 2. The molecule has 6 nitrogen and oxygen atoms in total. The van der Waals surface area contributed by atoms with E-state index in [0.29, 0.717) is 0 Å². The van der Waals surface area contributed by atoms with E-state index in [4.69, 9.17) is 5.11 Å². The predicted octanol–water partition coefficient (Wildman–Crippen LogP) is -0.187. The highest BCUT2D eigenvalue weighted by Gasteiger charge is 2.07. The summed E-state index contributed by atoms with van der Waals surface area (Å²) in [6, 6.07) is 1.27. The number of anilines is 1. The van der Waals surface area contributed by atoms with Gasteiger partial charge in [-0.25, -0.2) is 9.00 Å². The van der Waals surface area contributed by atoms with Crippen molar-refractivity contribution in [2.75, 3.05) is 11.0 Å². The summed E-state index contributed by atoms with van der Waals surface area (Å²) in [7, 11) is -1.24. The van der Waals surface area contributed by atoms with Crippen molar-refractivity contribution in [3.8, 4) is 0 Å². The monoisotopic (exact) mass is 189 g/mol. The number of H-pyrrole nitrogens is 1. The lowest BCUT2D eigenvalue weighted by atomic mass is 10.4. The van der Waals surface area contributed by atoms with Crippen molar-refractivity contribution in [1.82, 2.24) is 10.2 Å². The molecule has 1 rings (SSSR count). The molecule has 1 atom stereocenters. The van der Waals surface area contributed by atoms with Crippen molar-refractivity contribution in [3.05, 3.63) is 11.8 Å². The Balaban J connectivity index is 2.77. The molecule has 7 heteroatoms. The van der Waals surface area contributed by atoms with Crippen molar-refractivity contribution in [3.63, 3.8) is 0 Å². The first-order chi connectivity index (χ1) is 5.59. The molecule has 0 aliphatic rings. The van der Waals surface area contributed by atoms with Gasteiger partial charge in [0.05, 0.1) is 0 Å². The lowest BCUT2D eigenvalue weighted by Crippen LogP contribution is -2.00. The lowest BCUT2D eigenvalue weighted by molar-refractivity contribution is 0.0690. The molecule has 0 saturated heterocycles. The normalized spacial score (nSPS) is 12.4. The topological polar surface area (TPSA) is 95.1 Å². The summed E-state index contributed by atoms with van der Waals surface area (Å²) >= 11 is 0. The molecular weight excluding hydrogens is 182 g/mol. The van der Waals surface area contributed by atoms with Gasteiger partial charge in [-0.2, -0.15) is 5.10 Å². The number of aromatic amines is 1. The first-order valence-electron chi connectivity index (χ1n) is 2.98. The number of carboxylic acids is 1. The van der Waals surface area contributed by atoms with Gasteiger partial charge in [-0.05, 0) is 0 Å². The zero-order valence-corrected chi connectivity index (χ0v) is 7.01. The molecule has 0 bridgehead atoms. The molecule has 1 aromatic heterocycles. The number of carboxylic acid groups (broad SMARTS) is 1. The van der Waals surface area contributed by atoms with Crippen molar-refractivity contribution in [1.29, 1.82) is 0 Å². The summed E-state index contributed by atoms with van der Waals surface area (Å²) in [5.74, 6) is -0.842. The van der Waals surface area contributed by atoms with Crippen LogP contribution in [0.5, 0.6) is 0 Å². The van der Waals surface area contributed by atoms with Gasteiger partial charge < -0.3 is 5.11 Å². The predicted molar refractivity (Wildman–Crippen MR) is 43.2 cm³/mol. The van der Waals surface area contributed by atoms with E-state index in [1.54, 1.807) is 0 Å². The fraction of sp³-hybridized carbons (Fsp3) is 0.200. The van der Waals surface area contributed by atoms with Gasteiger partial charge in [-0.3, -0.25) is 9.82 Å². The molecule has 12 heavy (non-hydrogen) atoms. The molecule has 0 aliphatic carbocycles. The Morgan fingerprint density at radius 3 is 2.92 bits per heavy atom. The van der Waals surface area contributed by atoms with Crippen molar-refractivity contribution < 1.29 is 14.1 Å². The van der Waals surface area contributed by atoms with E-state index in [-0.39, 0.29) is 11.5 Å². The molecule has 66 valence electrons. The van der Waals surface area contributed by atoms with Gasteiger partial charge in [0.15, 0.2) is 5.82 Å². The van der Waals surface area contributed by atoms with Crippen LogP contribution in [-0.2, 0) is 11.0 Å². The van der Waals surface area contributed by atoms with Crippen LogP contribution in [0, 0.1) is 0 Å². The fourth-order valence-corrected chi connectivity index (χ4v) is 1.03. The fourth-order valence-electron chi connectivity index (χ4n) is 0.631. The molecule has 1 unspecified atom stereocenters. The van der Waals surface area contributed by atoms with Crippen LogP contribution in [0.3, 0.4) is 0 Å². The Bertz CT molecular complexity index is 321. The largest absolute Gasteiger partial charge is 0.477 e. The standard InChI is InChI=1S/C5H7N3O3S/c1-12(11)8-4-2-3(5(9)10)6-7-4/h2H,1H3,(H,9,10)(H2,6,7,8). The first-order valence-corrected chi connectivity index (χ1v) is 4.54. The summed E-state index contributed by atoms with van der Waals surface area (Å²) in [6.45, 7) is 0. The quantitative estimate of drug-likeness (QED) is 0.614. The summed E-state index contributed by atoms with van der Waals surface area (Å²) in [5, 5.41) is 14.3. The van der Waals surface area contributed by atoms with Crippen LogP contribution in [0.2, 0.25) is 0 Å². The van der Waals surface area contributed by atoms with Crippen molar-refractivity contribution in [2.45, 2.75) is 0 Å². The van der Waals surface area contributed by atoms with Gasteiger partial charge in [-0.15, -0.1) is 0 Å². The van der Waals surface area contributed by atoms with Crippen LogP contribution in [0.25, 0.3) is 0 Å². The summed E-state index contributed by atoms with van der Waals surface area (Å²) in [6.07, 6.45) is 1.43. The highest BCUT2D eigenvalue weighted by atomic mass is 32.2. The van der Waals surface area contributed by atoms with Crippen LogP contribution in [0.15, 0.2) is 6.07 Å². The van der Waals surface area contributed by atoms with Crippen LogP contribution in [0.4, 0.5) is 5.82 Å². The Morgan fingerprint density at radius 2 is 2.50 bits per heavy atom. The number of nitrogens with zero attached hydrogens (tertiary/aromatic N) is 1. The molecule has 0 radical (unpaired) electrons. The average molecular weight is 189 g/mol. The number of aromatic carboxylic acids is 1. The van der Waals surface area contributed by atoms with E-state index in [0.717, 1.165) is 0 Å². The number of hydrogen-bond donors (Lipinski definition) is 3. The zero-order chi connectivity index (χ0) is 9.14. The molecule has 1 heterocycles. The third kappa shape index (κ3) is 2.06. The first kappa shape index (κ1) is 8.72. The smallest absolute Gasteiger partial charge is 0.353 e. The van der Waals surface area contributed by atoms with E-state index in [1.807, 2.05) is 0 Å². The Hall–Kier alpha value is -1.37. The van der Waals surface area contributed by atoms with Crippen LogP contribution >= 0.6 is 0 Å². The SMILES string of the molecule is CS(=O)Nc1cc(C(=O)O)[nH]n1. The molecular formula is C5H7N3O3S. The highest BCUT2D eigenvalue weighted by Crippen LogP contribution is 2.04. The van der Waals surface area contributed by atoms with E-state index < -0.39 is 17.0 Å². The van der Waals surface area contributed by atoms with E-state index in [1.165, 1.54) is 12.3 Å². The van der Waals surface area contributed by atoms with Gasteiger partial charge >= 0.3 is 5.97 Å². The second-order valence-corrected chi connectivity index (χ2v) is 3.14. The number of hydrogen-bond acceptors (Lipinski definition) is 3. The molecule has 0 amide bonds. The highest BCUT2D eigenvalue weighted by molar-refractivity contribution is 7.85. The lowest BCUT2D eigenvalue weighted by Gasteiger charge is -1.92. The van der Waals surface area contributed by atoms with Gasteiger partial charge in [0.1, 0.15) is 16.7 Å². The van der Waals surface area contributed by atoms with Gasteiger partial charge in [0.25, 0.3) is 0 Å². The second-order valence-electron chi connectivity index (χ2n) is 2.03. The maximum absolute atomic E-state index is 10.6. The Kier molecular flexibility index (Phi) is 2.44. The third-order valence-corrected chi connectivity index (χ3v) is 1.55. The Morgan fingerprint density at radius 1 is 1.83 bits per heavy atom. The molecule has 0 saturated carbocycles. The molecule has 1 aromatic rings. The van der Waals surface area contributed by atoms with E-state index in [2.05, 4.69) is 14.9 Å². The van der Waals surface area contributed by atoms with Crippen LogP contribution in [0.1, 0.15) is 10.5 Å². The van der Waals surface area contributed by atoms with E-state index >= 15 is 0 Å². The minimum absolute atomic E-state index is 0.0389. The average Bonchev–Trinajstić information content (AvgIpc) is 2.34. The second kappa shape index (κ2) is 3.35. The maximum Gasteiger partial charge on any atom is 0.353 e. The molecule has 0 spiro atoms. The zero-order valence-electron chi connectivity index (χ0n) is 6.20. The van der Waals surface area contributed by atoms with Crippen LogP contribution < -0.4 is 4.72 Å². The minimum atomic E-state index is -1.24. The minimum Gasteiger partial charge on any atom is -0.477 e. The van der Waals surface area contributed by atoms with Crippen molar-refractivity contribution in [2.24, 2.45) is 0 Å². The number of carbonyl (C=O) groups is 1.